The molecular weight excluding hydrogens is 316 g/mol. The molecule has 6 nitrogen and oxygen atoms in total. The zero-order chi connectivity index (χ0) is 16.4. The number of aryl methyl sites for hydroxylation is 2. The van der Waals surface area contributed by atoms with Crippen molar-refractivity contribution in [1.82, 2.24) is 19.7 Å². The van der Waals surface area contributed by atoms with Gasteiger partial charge in [-0.15, -0.1) is 0 Å². The van der Waals surface area contributed by atoms with Crippen LogP contribution in [0.15, 0.2) is 24.5 Å². The molecule has 1 atom stereocenters. The fourth-order valence-corrected chi connectivity index (χ4v) is 3.35. The number of carbonyl (C=O) groups excluding carboxylic acids is 1. The summed E-state index contributed by atoms with van der Waals surface area (Å²) in [7, 11) is 1.81. The van der Waals surface area contributed by atoms with E-state index in [1.54, 1.807) is 29.2 Å². The van der Waals surface area contributed by atoms with Gasteiger partial charge in [-0.05, 0) is 31.9 Å². The van der Waals surface area contributed by atoms with Crippen molar-refractivity contribution in [3.8, 4) is 5.75 Å². The van der Waals surface area contributed by atoms with Crippen LogP contribution >= 0.6 is 11.6 Å². The Bertz CT molecular complexity index is 702. The fourth-order valence-electron chi connectivity index (χ4n) is 3.05. The third-order valence-electron chi connectivity index (χ3n) is 4.10. The highest BCUT2D eigenvalue weighted by Crippen LogP contribution is 2.37. The molecular formula is C16H19ClN4O2. The molecule has 0 bridgehead atoms. The predicted octanol–water partition coefficient (Wildman–Crippen LogP) is 2.52. The summed E-state index contributed by atoms with van der Waals surface area (Å²) in [6, 6.07) is 3.53. The van der Waals surface area contributed by atoms with E-state index in [1.807, 2.05) is 18.9 Å². The molecule has 2 aromatic rings. The van der Waals surface area contributed by atoms with Crippen LogP contribution in [0, 0.1) is 6.92 Å². The lowest BCUT2D eigenvalue weighted by atomic mass is 10.1. The Labute approximate surface area is 140 Å². The van der Waals surface area contributed by atoms with E-state index in [1.165, 1.54) is 0 Å². The second-order valence-electron chi connectivity index (χ2n) is 5.64. The smallest absolute Gasteiger partial charge is 0.261 e. The van der Waals surface area contributed by atoms with Crippen LogP contribution in [0.3, 0.4) is 0 Å². The van der Waals surface area contributed by atoms with Gasteiger partial charge in [0.25, 0.3) is 5.91 Å². The van der Waals surface area contributed by atoms with Crippen molar-refractivity contribution in [3.63, 3.8) is 0 Å². The maximum Gasteiger partial charge on any atom is 0.261 e. The number of nitrogens with zero attached hydrogens (tertiary/aromatic N) is 4. The summed E-state index contributed by atoms with van der Waals surface area (Å²) in [5.74, 6) is 0.544. The Morgan fingerprint density at radius 1 is 1.52 bits per heavy atom. The molecule has 0 saturated carbocycles. The Morgan fingerprint density at radius 2 is 2.35 bits per heavy atom. The molecule has 1 saturated heterocycles. The summed E-state index contributed by atoms with van der Waals surface area (Å²) in [6.07, 6.45) is 5.11. The molecule has 0 unspecified atom stereocenters. The van der Waals surface area contributed by atoms with Crippen LogP contribution in [0.4, 0.5) is 0 Å². The van der Waals surface area contributed by atoms with E-state index in [9.17, 15) is 4.79 Å². The number of ether oxygens (including phenoxy) is 1. The normalized spacial score (nSPS) is 17.5. The zero-order valence-corrected chi connectivity index (χ0v) is 14.0. The molecule has 23 heavy (non-hydrogen) atoms. The summed E-state index contributed by atoms with van der Waals surface area (Å²) >= 11 is 6.36. The Kier molecular flexibility index (Phi) is 4.52. The van der Waals surface area contributed by atoms with Crippen molar-refractivity contribution < 1.29 is 9.53 Å². The number of pyridine rings is 1. The minimum atomic E-state index is -0.0457. The molecule has 122 valence electrons. The molecule has 3 heterocycles. The molecule has 1 aliphatic heterocycles. The summed E-state index contributed by atoms with van der Waals surface area (Å²) in [5, 5.41) is 4.95. The minimum Gasteiger partial charge on any atom is -0.482 e. The average molecular weight is 335 g/mol. The maximum atomic E-state index is 12.5. The number of carbonyl (C=O) groups is 1. The van der Waals surface area contributed by atoms with Gasteiger partial charge in [0.2, 0.25) is 0 Å². The van der Waals surface area contributed by atoms with Gasteiger partial charge in [-0.1, -0.05) is 11.6 Å². The van der Waals surface area contributed by atoms with Crippen LogP contribution in [0.2, 0.25) is 5.15 Å². The lowest BCUT2D eigenvalue weighted by molar-refractivity contribution is -0.134. The molecule has 1 aliphatic rings. The standard InChI is InChI=1S/C16H19ClN4O2/c1-11-15(16(17)20(2)19-11)13-6-4-8-21(13)14(22)10-23-12-5-3-7-18-9-12/h3,5,7,9,13H,4,6,8,10H2,1-2H3/t13-/m1/s1. The van der Waals surface area contributed by atoms with Gasteiger partial charge >= 0.3 is 0 Å². The predicted molar refractivity (Wildman–Crippen MR) is 86.4 cm³/mol. The Hall–Kier alpha value is -2.08. The van der Waals surface area contributed by atoms with Crippen LogP contribution in [-0.2, 0) is 11.8 Å². The highest BCUT2D eigenvalue weighted by Gasteiger charge is 2.34. The molecule has 3 rings (SSSR count). The second-order valence-corrected chi connectivity index (χ2v) is 5.99. The van der Waals surface area contributed by atoms with Gasteiger partial charge in [-0.25, -0.2) is 0 Å². The summed E-state index contributed by atoms with van der Waals surface area (Å²) in [5.41, 5.74) is 1.82. The zero-order valence-electron chi connectivity index (χ0n) is 13.2. The van der Waals surface area contributed by atoms with Gasteiger partial charge in [0.05, 0.1) is 17.9 Å². The highest BCUT2D eigenvalue weighted by molar-refractivity contribution is 6.30. The van der Waals surface area contributed by atoms with Crippen molar-refractivity contribution in [2.75, 3.05) is 13.2 Å². The average Bonchev–Trinajstić information content (AvgIpc) is 3.11. The molecule has 1 amide bonds. The number of amides is 1. The summed E-state index contributed by atoms with van der Waals surface area (Å²) < 4.78 is 7.17. The third-order valence-corrected chi connectivity index (χ3v) is 4.55. The van der Waals surface area contributed by atoms with E-state index in [4.69, 9.17) is 16.3 Å². The first-order valence-electron chi connectivity index (χ1n) is 7.59. The van der Waals surface area contributed by atoms with Gasteiger partial charge in [-0.3, -0.25) is 14.5 Å². The largest absolute Gasteiger partial charge is 0.482 e. The third kappa shape index (κ3) is 3.17. The summed E-state index contributed by atoms with van der Waals surface area (Å²) in [6.45, 7) is 2.64. The first-order chi connectivity index (χ1) is 11.1. The molecule has 0 spiro atoms. The quantitative estimate of drug-likeness (QED) is 0.862. The number of likely N-dealkylation sites (tertiary alicyclic amines) is 1. The van der Waals surface area contributed by atoms with E-state index < -0.39 is 0 Å². The first kappa shape index (κ1) is 15.8. The van der Waals surface area contributed by atoms with Crippen molar-refractivity contribution in [1.29, 1.82) is 0 Å². The van der Waals surface area contributed by atoms with Crippen molar-refractivity contribution in [2.24, 2.45) is 7.05 Å². The number of hydrogen-bond acceptors (Lipinski definition) is 4. The molecule has 2 aromatic heterocycles. The highest BCUT2D eigenvalue weighted by atomic mass is 35.5. The van der Waals surface area contributed by atoms with Crippen LogP contribution in [-0.4, -0.2) is 38.7 Å². The van der Waals surface area contributed by atoms with Crippen LogP contribution in [0.5, 0.6) is 5.75 Å². The maximum absolute atomic E-state index is 12.5. The number of aromatic nitrogens is 3. The number of hydrogen-bond donors (Lipinski definition) is 0. The Morgan fingerprint density at radius 3 is 3.00 bits per heavy atom. The van der Waals surface area contributed by atoms with Crippen LogP contribution < -0.4 is 4.74 Å². The van der Waals surface area contributed by atoms with Crippen LogP contribution in [0.25, 0.3) is 0 Å². The molecule has 1 fully saturated rings. The van der Waals surface area contributed by atoms with Crippen LogP contribution in [0.1, 0.15) is 30.1 Å². The molecule has 0 N–H and O–H groups in total. The topological polar surface area (TPSA) is 60.2 Å². The molecule has 0 aliphatic carbocycles. The minimum absolute atomic E-state index is 0.000871. The van der Waals surface area contributed by atoms with Gasteiger partial charge in [0, 0.05) is 25.4 Å². The second kappa shape index (κ2) is 6.58. The lowest BCUT2D eigenvalue weighted by Crippen LogP contribution is -2.34. The molecule has 0 radical (unpaired) electrons. The lowest BCUT2D eigenvalue weighted by Gasteiger charge is -2.25. The summed E-state index contributed by atoms with van der Waals surface area (Å²) in [4.78, 5) is 18.4. The number of rotatable bonds is 4. The molecule has 0 aromatic carbocycles. The first-order valence-corrected chi connectivity index (χ1v) is 7.97. The van der Waals surface area contributed by atoms with E-state index in [0.29, 0.717) is 17.4 Å². The van der Waals surface area contributed by atoms with Gasteiger partial charge in [-0.2, -0.15) is 5.10 Å². The van der Waals surface area contributed by atoms with E-state index in [2.05, 4.69) is 10.1 Å². The SMILES string of the molecule is Cc1nn(C)c(Cl)c1[C@H]1CCCN1C(=O)COc1cccnc1. The van der Waals surface area contributed by atoms with E-state index in [-0.39, 0.29) is 18.6 Å². The van der Waals surface area contributed by atoms with Gasteiger partial charge in [0.15, 0.2) is 6.61 Å². The monoisotopic (exact) mass is 334 g/mol. The van der Waals surface area contributed by atoms with Gasteiger partial charge < -0.3 is 9.64 Å². The van der Waals surface area contributed by atoms with Gasteiger partial charge in [0.1, 0.15) is 10.9 Å². The van der Waals surface area contributed by atoms with Crippen molar-refractivity contribution in [2.45, 2.75) is 25.8 Å². The van der Waals surface area contributed by atoms with E-state index >= 15 is 0 Å². The fraction of sp³-hybridized carbons (Fsp3) is 0.438. The van der Waals surface area contributed by atoms with Crippen molar-refractivity contribution >= 4 is 17.5 Å². The van der Waals surface area contributed by atoms with E-state index in [0.717, 1.165) is 24.1 Å². The molecule has 7 heteroatoms. The number of halogens is 1. The Balaban J connectivity index is 1.72. The van der Waals surface area contributed by atoms with Crippen molar-refractivity contribution in [3.05, 3.63) is 40.9 Å².